The van der Waals surface area contributed by atoms with Gasteiger partial charge in [0.25, 0.3) is 5.97 Å². The summed E-state index contributed by atoms with van der Waals surface area (Å²) in [7, 11) is 0. The number of aryl methyl sites for hydroxylation is 1. The lowest BCUT2D eigenvalue weighted by molar-refractivity contribution is -0.134. The Hall–Kier alpha value is -4.18. The molecule has 9 nitrogen and oxygen atoms in total. The minimum absolute atomic E-state index is 0.130. The molecule has 0 saturated heterocycles. The molecule has 0 bridgehead atoms. The van der Waals surface area contributed by atoms with E-state index in [0.717, 1.165) is 70.0 Å². The molecule has 0 unspecified atom stereocenters. The third-order valence-electron chi connectivity index (χ3n) is 5.41. The Morgan fingerprint density at radius 3 is 2.51 bits per heavy atom. The van der Waals surface area contributed by atoms with Gasteiger partial charge in [-0.25, -0.2) is 4.79 Å². The summed E-state index contributed by atoms with van der Waals surface area (Å²) >= 11 is 1.34. The van der Waals surface area contributed by atoms with E-state index in [2.05, 4.69) is 21.4 Å². The van der Waals surface area contributed by atoms with Gasteiger partial charge >= 0.3 is 6.03 Å². The average molecular weight is 490 g/mol. The van der Waals surface area contributed by atoms with Crippen LogP contribution in [0.1, 0.15) is 24.6 Å². The number of nitrogens with zero attached hydrogens (tertiary/aromatic N) is 2. The normalized spacial score (nSPS) is 12.9. The van der Waals surface area contributed by atoms with Crippen molar-refractivity contribution >= 4 is 62.1 Å². The summed E-state index contributed by atoms with van der Waals surface area (Å²) in [6, 6.07) is 15.7. The Morgan fingerprint density at radius 2 is 1.80 bits per heavy atom. The van der Waals surface area contributed by atoms with Crippen LogP contribution < -0.4 is 16.0 Å². The number of aromatic amines is 2. The maximum Gasteiger partial charge on any atom is 0.352 e. The molecule has 2 amide bonds. The molecule has 0 saturated carbocycles. The van der Waals surface area contributed by atoms with Gasteiger partial charge in [0.05, 0.1) is 17.6 Å². The van der Waals surface area contributed by atoms with Gasteiger partial charge in [0.2, 0.25) is 0 Å². The van der Waals surface area contributed by atoms with Crippen molar-refractivity contribution in [2.45, 2.75) is 19.8 Å². The molecule has 1 aliphatic rings. The molecule has 0 atom stereocenters. The SMILES string of the molecule is CC(=O)O.N=C(N)SCCCc1[nH]c2ccccc2c1C1=C[N]C(=O)N1c1c[nH]c2ccccc12. The van der Waals surface area contributed by atoms with E-state index in [9.17, 15) is 4.79 Å². The number of benzene rings is 2. The number of fused-ring (bicyclic) bond motifs is 2. The standard InChI is InChI=1S/C23H21N6OS.C2H4O2/c24-22(25)31-11-5-10-18-21(15-7-2-4-9-17(15)28-18)20-13-27-23(30)29(20)19-12-26-16-8-3-1-6-14(16)19;1-2(3)4/h1-4,6-9,12-13,26,28H,5,10-11H2,(H3,24,25);1H3,(H,3,4). The zero-order chi connectivity index (χ0) is 24.9. The number of aromatic nitrogens is 2. The monoisotopic (exact) mass is 489 g/mol. The number of nitrogens with one attached hydrogen (secondary N) is 3. The number of carbonyl (C=O) groups excluding carboxylic acids is 1. The highest BCUT2D eigenvalue weighted by Gasteiger charge is 2.32. The van der Waals surface area contributed by atoms with Crippen LogP contribution in [0.3, 0.4) is 0 Å². The number of carboxylic acid groups (broad SMARTS) is 1. The average Bonchev–Trinajstić information content (AvgIpc) is 3.50. The predicted octanol–water partition coefficient (Wildman–Crippen LogP) is 4.84. The second-order valence-corrected chi connectivity index (χ2v) is 8.98. The molecular weight excluding hydrogens is 464 g/mol. The highest BCUT2D eigenvalue weighted by molar-refractivity contribution is 8.13. The maximum atomic E-state index is 12.8. The molecule has 1 aliphatic heterocycles. The zero-order valence-electron chi connectivity index (χ0n) is 19.0. The van der Waals surface area contributed by atoms with Crippen LogP contribution in [-0.2, 0) is 11.2 Å². The van der Waals surface area contributed by atoms with Crippen molar-refractivity contribution < 1.29 is 14.7 Å². The molecule has 4 aromatic rings. The van der Waals surface area contributed by atoms with E-state index in [1.54, 1.807) is 11.1 Å². The number of anilines is 1. The van der Waals surface area contributed by atoms with Gasteiger partial charge in [0.1, 0.15) is 0 Å². The fraction of sp³-hybridized carbons (Fsp3) is 0.160. The summed E-state index contributed by atoms with van der Waals surface area (Å²) in [5, 5.41) is 21.1. The summed E-state index contributed by atoms with van der Waals surface area (Å²) in [6.45, 7) is 1.08. The molecule has 179 valence electrons. The summed E-state index contributed by atoms with van der Waals surface area (Å²) in [5.41, 5.74) is 11.0. The van der Waals surface area contributed by atoms with E-state index in [1.165, 1.54) is 11.8 Å². The Labute approximate surface area is 205 Å². The first-order valence-electron chi connectivity index (χ1n) is 10.9. The van der Waals surface area contributed by atoms with E-state index >= 15 is 0 Å². The number of aliphatic carboxylic acids is 1. The van der Waals surface area contributed by atoms with Crippen molar-refractivity contribution in [1.82, 2.24) is 15.3 Å². The number of carbonyl (C=O) groups is 2. The number of carboxylic acids is 1. The van der Waals surface area contributed by atoms with E-state index in [-0.39, 0.29) is 11.2 Å². The van der Waals surface area contributed by atoms with Crippen molar-refractivity contribution in [3.8, 4) is 0 Å². The Bertz CT molecular complexity index is 1430. The van der Waals surface area contributed by atoms with Gasteiger partial charge in [-0.3, -0.25) is 15.1 Å². The second kappa shape index (κ2) is 10.4. The maximum absolute atomic E-state index is 12.8. The fourth-order valence-electron chi connectivity index (χ4n) is 4.09. The molecule has 1 radical (unpaired) electrons. The number of para-hydroxylation sites is 2. The number of nitrogens with two attached hydrogens (primary N) is 1. The number of hydrogen-bond acceptors (Lipinski definition) is 4. The molecule has 2 aromatic carbocycles. The summed E-state index contributed by atoms with van der Waals surface area (Å²) in [6.07, 6.45) is 5.15. The second-order valence-electron chi connectivity index (χ2n) is 7.84. The molecule has 0 fully saturated rings. The van der Waals surface area contributed by atoms with Gasteiger partial charge in [-0.05, 0) is 25.0 Å². The number of amidine groups is 1. The molecular formula is C25H25N6O3S. The van der Waals surface area contributed by atoms with Gasteiger partial charge in [0.15, 0.2) is 5.17 Å². The van der Waals surface area contributed by atoms with Crippen molar-refractivity contribution in [2.24, 2.45) is 5.73 Å². The van der Waals surface area contributed by atoms with Gasteiger partial charge in [-0.1, -0.05) is 48.2 Å². The summed E-state index contributed by atoms with van der Waals surface area (Å²) in [4.78, 5) is 30.3. The van der Waals surface area contributed by atoms with Gasteiger partial charge < -0.3 is 20.8 Å². The highest BCUT2D eigenvalue weighted by Crippen LogP contribution is 2.39. The van der Waals surface area contributed by atoms with Gasteiger partial charge in [-0.2, -0.15) is 5.32 Å². The number of amides is 2. The van der Waals surface area contributed by atoms with Crippen LogP contribution in [0.4, 0.5) is 10.5 Å². The number of urea groups is 1. The first-order chi connectivity index (χ1) is 16.9. The van der Waals surface area contributed by atoms with Crippen LogP contribution in [-0.4, -0.2) is 38.0 Å². The molecule has 2 aromatic heterocycles. The van der Waals surface area contributed by atoms with Gasteiger partial charge in [0, 0.05) is 51.9 Å². The molecule has 0 spiro atoms. The number of H-pyrrole nitrogens is 2. The number of rotatable bonds is 6. The highest BCUT2D eigenvalue weighted by atomic mass is 32.2. The first-order valence-corrected chi connectivity index (χ1v) is 11.9. The third kappa shape index (κ3) is 5.17. The lowest BCUT2D eigenvalue weighted by atomic mass is 10.0. The predicted molar refractivity (Wildman–Crippen MR) is 141 cm³/mol. The third-order valence-corrected chi connectivity index (χ3v) is 6.21. The first kappa shape index (κ1) is 24.0. The molecule has 5 rings (SSSR count). The van der Waals surface area contributed by atoms with Crippen molar-refractivity contribution in [3.63, 3.8) is 0 Å². The Kier molecular flexibility index (Phi) is 7.11. The van der Waals surface area contributed by atoms with E-state index in [0.29, 0.717) is 0 Å². The van der Waals surface area contributed by atoms with Gasteiger partial charge in [-0.15, -0.1) is 0 Å². The van der Waals surface area contributed by atoms with E-state index in [1.807, 2.05) is 48.7 Å². The smallest absolute Gasteiger partial charge is 0.352 e. The number of hydrogen-bond donors (Lipinski definition) is 5. The van der Waals surface area contributed by atoms with E-state index in [4.69, 9.17) is 21.0 Å². The lowest BCUT2D eigenvalue weighted by Gasteiger charge is -2.19. The van der Waals surface area contributed by atoms with Crippen LogP contribution in [0.5, 0.6) is 0 Å². The largest absolute Gasteiger partial charge is 0.481 e. The van der Waals surface area contributed by atoms with Crippen LogP contribution in [0.25, 0.3) is 27.5 Å². The minimum Gasteiger partial charge on any atom is -0.481 e. The Balaban J connectivity index is 0.000000672. The minimum atomic E-state index is -0.833. The zero-order valence-corrected chi connectivity index (χ0v) is 19.9. The summed E-state index contributed by atoms with van der Waals surface area (Å²) in [5.74, 6) is -0.0708. The quantitative estimate of drug-likeness (QED) is 0.149. The fourth-order valence-corrected chi connectivity index (χ4v) is 4.60. The molecule has 6 N–H and O–H groups in total. The van der Waals surface area contributed by atoms with Crippen LogP contribution in [0.2, 0.25) is 0 Å². The summed E-state index contributed by atoms with van der Waals surface area (Å²) < 4.78 is 0. The molecule has 0 aliphatic carbocycles. The molecule has 35 heavy (non-hydrogen) atoms. The molecule has 10 heteroatoms. The van der Waals surface area contributed by atoms with Crippen LogP contribution in [0.15, 0.2) is 60.9 Å². The van der Waals surface area contributed by atoms with Crippen LogP contribution >= 0.6 is 11.8 Å². The van der Waals surface area contributed by atoms with Crippen molar-refractivity contribution in [1.29, 1.82) is 5.41 Å². The van der Waals surface area contributed by atoms with Crippen molar-refractivity contribution in [3.05, 3.63) is 72.2 Å². The van der Waals surface area contributed by atoms with Crippen LogP contribution in [0, 0.1) is 5.41 Å². The topological polar surface area (TPSA) is 153 Å². The Morgan fingerprint density at radius 1 is 1.14 bits per heavy atom. The lowest BCUT2D eigenvalue weighted by Crippen LogP contribution is -2.26. The number of thioether (sulfide) groups is 1. The van der Waals surface area contributed by atoms with Crippen molar-refractivity contribution in [2.75, 3.05) is 10.7 Å². The molecule has 3 heterocycles. The van der Waals surface area contributed by atoms with E-state index < -0.39 is 5.97 Å².